The summed E-state index contributed by atoms with van der Waals surface area (Å²) in [5.41, 5.74) is 6.39. The van der Waals surface area contributed by atoms with E-state index >= 15 is 0 Å². The van der Waals surface area contributed by atoms with Crippen molar-refractivity contribution in [3.8, 4) is 0 Å². The van der Waals surface area contributed by atoms with Crippen molar-refractivity contribution in [1.82, 2.24) is 0 Å². The molecule has 98 valence electrons. The van der Waals surface area contributed by atoms with Gasteiger partial charge in [0.25, 0.3) is 0 Å². The summed E-state index contributed by atoms with van der Waals surface area (Å²) in [6, 6.07) is 4.94. The summed E-state index contributed by atoms with van der Waals surface area (Å²) in [5.74, 6) is -1.21. The normalized spacial score (nSPS) is 11.0. The molecule has 8 heteroatoms. The van der Waals surface area contributed by atoms with Crippen molar-refractivity contribution in [2.45, 2.75) is 0 Å². The highest BCUT2D eigenvalue weighted by molar-refractivity contribution is 9.10. The highest BCUT2D eigenvalue weighted by Crippen LogP contribution is 2.21. The number of hydrogen-bond donors (Lipinski definition) is 2. The highest BCUT2D eigenvalue weighted by atomic mass is 79.9. The van der Waals surface area contributed by atoms with Gasteiger partial charge in [-0.05, 0) is 18.2 Å². The average molecular weight is 351 g/mol. The predicted octanol–water partition coefficient (Wildman–Crippen LogP) is 1.07. The molecular weight excluding hydrogens is 340 g/mol. The Kier molecular flexibility index (Phi) is 4.83. The van der Waals surface area contributed by atoms with Crippen LogP contribution >= 0.6 is 28.1 Å². The van der Waals surface area contributed by atoms with Gasteiger partial charge in [-0.25, -0.2) is 8.42 Å². The van der Waals surface area contributed by atoms with Crippen LogP contribution in [0.4, 0.5) is 5.69 Å². The van der Waals surface area contributed by atoms with Crippen LogP contribution in [-0.2, 0) is 14.6 Å². The Labute approximate surface area is 119 Å². The lowest BCUT2D eigenvalue weighted by molar-refractivity contribution is -0.113. The van der Waals surface area contributed by atoms with Gasteiger partial charge in [-0.3, -0.25) is 4.79 Å². The van der Waals surface area contributed by atoms with Gasteiger partial charge in [0.05, 0.1) is 5.69 Å². The summed E-state index contributed by atoms with van der Waals surface area (Å²) in [7, 11) is -3.37. The fourth-order valence-electron chi connectivity index (χ4n) is 1.25. The molecule has 18 heavy (non-hydrogen) atoms. The van der Waals surface area contributed by atoms with Gasteiger partial charge < -0.3 is 11.1 Å². The van der Waals surface area contributed by atoms with Gasteiger partial charge in [-0.1, -0.05) is 28.1 Å². The second kappa shape index (κ2) is 5.77. The molecule has 0 aromatic heterocycles. The first-order valence-electron chi connectivity index (χ1n) is 4.76. The van der Waals surface area contributed by atoms with E-state index in [1.807, 2.05) is 0 Å². The minimum Gasteiger partial charge on any atom is -0.389 e. The zero-order valence-corrected chi connectivity index (χ0v) is 12.7. The molecule has 1 rings (SSSR count). The lowest BCUT2D eigenvalue weighted by Crippen LogP contribution is -2.23. The number of thiocarbonyl (C=S) groups is 1. The molecule has 0 saturated carbocycles. The minimum atomic E-state index is -3.37. The fraction of sp³-hybridized carbons (Fsp3) is 0.200. The number of benzene rings is 1. The van der Waals surface area contributed by atoms with Crippen LogP contribution in [0.1, 0.15) is 5.56 Å². The van der Waals surface area contributed by atoms with E-state index in [2.05, 4.69) is 21.2 Å². The number of halogens is 1. The average Bonchev–Trinajstić information content (AvgIpc) is 2.17. The number of rotatable bonds is 4. The third kappa shape index (κ3) is 4.71. The number of carbonyl (C=O) groups excluding carboxylic acids is 1. The molecule has 1 aromatic rings. The van der Waals surface area contributed by atoms with Crippen LogP contribution in [0.25, 0.3) is 0 Å². The topological polar surface area (TPSA) is 89.3 Å². The molecule has 5 nitrogen and oxygen atoms in total. The Hall–Kier alpha value is -0.990. The van der Waals surface area contributed by atoms with Crippen LogP contribution in [0.5, 0.6) is 0 Å². The Morgan fingerprint density at radius 3 is 2.61 bits per heavy atom. The Morgan fingerprint density at radius 1 is 1.50 bits per heavy atom. The van der Waals surface area contributed by atoms with Crippen LogP contribution in [0.2, 0.25) is 0 Å². The van der Waals surface area contributed by atoms with E-state index in [0.717, 1.165) is 10.7 Å². The van der Waals surface area contributed by atoms with Gasteiger partial charge in [0.2, 0.25) is 5.91 Å². The molecule has 0 aliphatic carbocycles. The molecule has 0 spiro atoms. The lowest BCUT2D eigenvalue weighted by atomic mass is 10.2. The molecule has 0 aliphatic rings. The molecule has 0 aliphatic heterocycles. The first-order valence-corrected chi connectivity index (χ1v) is 8.02. The monoisotopic (exact) mass is 350 g/mol. The first kappa shape index (κ1) is 15.1. The van der Waals surface area contributed by atoms with E-state index < -0.39 is 21.5 Å². The van der Waals surface area contributed by atoms with Gasteiger partial charge in [0.15, 0.2) is 9.84 Å². The second-order valence-electron chi connectivity index (χ2n) is 3.67. The quantitative estimate of drug-likeness (QED) is 0.792. The highest BCUT2D eigenvalue weighted by Gasteiger charge is 2.13. The Morgan fingerprint density at radius 2 is 2.11 bits per heavy atom. The molecule has 1 amide bonds. The first-order chi connectivity index (χ1) is 8.19. The predicted molar refractivity (Wildman–Crippen MR) is 78.4 cm³/mol. The van der Waals surface area contributed by atoms with E-state index in [1.165, 1.54) is 0 Å². The minimum absolute atomic E-state index is 0.117. The van der Waals surface area contributed by atoms with E-state index in [9.17, 15) is 13.2 Å². The van der Waals surface area contributed by atoms with Crippen molar-refractivity contribution in [3.05, 3.63) is 28.2 Å². The lowest BCUT2D eigenvalue weighted by Gasteiger charge is -2.10. The molecule has 1 aromatic carbocycles. The third-order valence-corrected chi connectivity index (χ3v) is 3.41. The summed E-state index contributed by atoms with van der Waals surface area (Å²) in [5, 5.41) is 2.47. The van der Waals surface area contributed by atoms with Crippen molar-refractivity contribution >= 4 is 54.6 Å². The number of nitrogens with one attached hydrogen (secondary N) is 1. The SMILES string of the molecule is CS(=O)(=O)CC(=O)Nc1ccc(Br)cc1C(N)=S. The summed E-state index contributed by atoms with van der Waals surface area (Å²) in [6.07, 6.45) is 0.989. The van der Waals surface area contributed by atoms with Crippen molar-refractivity contribution in [3.63, 3.8) is 0 Å². The van der Waals surface area contributed by atoms with Crippen LogP contribution in [-0.4, -0.2) is 31.3 Å². The number of sulfone groups is 1. The molecule has 0 heterocycles. The third-order valence-electron chi connectivity index (χ3n) is 1.91. The molecule has 0 radical (unpaired) electrons. The van der Waals surface area contributed by atoms with Crippen molar-refractivity contribution in [2.24, 2.45) is 5.73 Å². The molecule has 0 atom stereocenters. The van der Waals surface area contributed by atoms with Crippen molar-refractivity contribution < 1.29 is 13.2 Å². The van der Waals surface area contributed by atoms with Gasteiger partial charge in [0, 0.05) is 16.3 Å². The van der Waals surface area contributed by atoms with Crippen LogP contribution in [0, 0.1) is 0 Å². The standard InChI is InChI=1S/C10H11BrN2O3S2/c1-18(15,16)5-9(14)13-8-3-2-6(11)4-7(8)10(12)17/h2-4H,5H2,1H3,(H2,12,17)(H,13,14). The number of hydrogen-bond acceptors (Lipinski definition) is 4. The van der Waals surface area contributed by atoms with Crippen LogP contribution in [0.15, 0.2) is 22.7 Å². The van der Waals surface area contributed by atoms with E-state index in [-0.39, 0.29) is 4.99 Å². The van der Waals surface area contributed by atoms with Crippen LogP contribution in [0.3, 0.4) is 0 Å². The Balaban J connectivity index is 2.98. The molecule has 0 fully saturated rings. The molecule has 3 N–H and O–H groups in total. The molecule has 0 bridgehead atoms. The van der Waals surface area contributed by atoms with Gasteiger partial charge in [0.1, 0.15) is 10.7 Å². The van der Waals surface area contributed by atoms with Gasteiger partial charge in [-0.15, -0.1) is 0 Å². The maximum atomic E-state index is 11.5. The summed E-state index contributed by atoms with van der Waals surface area (Å²) >= 11 is 8.11. The van der Waals surface area contributed by atoms with Crippen molar-refractivity contribution in [2.75, 3.05) is 17.3 Å². The largest absolute Gasteiger partial charge is 0.389 e. The number of carbonyl (C=O) groups is 1. The molecule has 0 unspecified atom stereocenters. The van der Waals surface area contributed by atoms with Crippen LogP contribution < -0.4 is 11.1 Å². The summed E-state index contributed by atoms with van der Waals surface area (Å²) in [6.45, 7) is 0. The maximum absolute atomic E-state index is 11.5. The van der Waals surface area contributed by atoms with E-state index in [1.54, 1.807) is 18.2 Å². The maximum Gasteiger partial charge on any atom is 0.239 e. The van der Waals surface area contributed by atoms with E-state index in [4.69, 9.17) is 18.0 Å². The van der Waals surface area contributed by atoms with Gasteiger partial charge >= 0.3 is 0 Å². The summed E-state index contributed by atoms with van der Waals surface area (Å²) < 4.78 is 22.7. The zero-order chi connectivity index (χ0) is 13.9. The van der Waals surface area contributed by atoms with E-state index in [0.29, 0.717) is 11.3 Å². The fourth-order valence-corrected chi connectivity index (χ4v) is 2.33. The van der Waals surface area contributed by atoms with Gasteiger partial charge in [-0.2, -0.15) is 0 Å². The van der Waals surface area contributed by atoms with Crippen molar-refractivity contribution in [1.29, 1.82) is 0 Å². The second-order valence-corrected chi connectivity index (χ2v) is 7.17. The molecular formula is C10H11BrN2O3S2. The summed E-state index contributed by atoms with van der Waals surface area (Å²) in [4.78, 5) is 11.6. The Bertz CT molecular complexity index is 599. The number of nitrogens with two attached hydrogens (primary N) is 1. The smallest absolute Gasteiger partial charge is 0.239 e. The number of anilines is 1. The number of amides is 1. The zero-order valence-electron chi connectivity index (χ0n) is 9.44. The molecule has 0 saturated heterocycles.